The highest BCUT2D eigenvalue weighted by atomic mass is 32.2. The van der Waals surface area contributed by atoms with Crippen molar-refractivity contribution in [1.82, 2.24) is 19.1 Å². The van der Waals surface area contributed by atoms with Gasteiger partial charge < -0.3 is 0 Å². The minimum atomic E-state index is -2.64. The van der Waals surface area contributed by atoms with Crippen LogP contribution >= 0.6 is 11.8 Å². The van der Waals surface area contributed by atoms with Gasteiger partial charge in [-0.05, 0) is 25.5 Å². The molecule has 0 saturated heterocycles. The molecule has 132 valence electrons. The number of rotatable bonds is 6. The van der Waals surface area contributed by atoms with Gasteiger partial charge >= 0.3 is 6.55 Å². The molecule has 0 N–H and O–H groups in total. The number of aromatic nitrogens is 4. The Morgan fingerprint density at radius 1 is 1.28 bits per heavy atom. The Labute approximate surface area is 147 Å². The predicted molar refractivity (Wildman–Crippen MR) is 94.0 cm³/mol. The largest absolute Gasteiger partial charge is 0.319 e. The molecule has 2 heterocycles. The molecule has 8 heteroatoms. The van der Waals surface area contributed by atoms with Crippen LogP contribution in [0.2, 0.25) is 0 Å². The first-order chi connectivity index (χ1) is 12.0. The summed E-state index contributed by atoms with van der Waals surface area (Å²) in [6.45, 7) is 1.30. The van der Waals surface area contributed by atoms with Crippen molar-refractivity contribution in [3.63, 3.8) is 0 Å². The fraction of sp³-hybridized carbons (Fsp3) is 0.353. The number of benzene rings is 1. The number of halogens is 2. The van der Waals surface area contributed by atoms with Gasteiger partial charge in [0.05, 0.1) is 16.7 Å². The summed E-state index contributed by atoms with van der Waals surface area (Å²) in [5.74, 6) is 0.455. The van der Waals surface area contributed by atoms with Gasteiger partial charge in [0.2, 0.25) is 0 Å². The molecular weight excluding hydrogens is 346 g/mol. The second-order valence-electron chi connectivity index (χ2n) is 5.66. The molecule has 0 unspecified atom stereocenters. The number of hydrogen-bond donors (Lipinski definition) is 0. The Bertz CT molecular complexity index is 938. The van der Waals surface area contributed by atoms with Crippen molar-refractivity contribution in [3.05, 3.63) is 52.8 Å². The minimum absolute atomic E-state index is 0.0399. The van der Waals surface area contributed by atoms with Gasteiger partial charge in [-0.25, -0.2) is 9.97 Å². The van der Waals surface area contributed by atoms with E-state index in [1.807, 2.05) is 19.9 Å². The molecule has 3 aromatic rings. The Morgan fingerprint density at radius 2 is 2.04 bits per heavy atom. The molecule has 0 saturated carbocycles. The first kappa shape index (κ1) is 17.6. The van der Waals surface area contributed by atoms with E-state index in [0.717, 1.165) is 11.0 Å². The summed E-state index contributed by atoms with van der Waals surface area (Å²) in [6, 6.07) is 7.12. The molecule has 5 nitrogen and oxygen atoms in total. The van der Waals surface area contributed by atoms with Crippen LogP contribution in [0.3, 0.4) is 0 Å². The van der Waals surface area contributed by atoms with Gasteiger partial charge in [0.15, 0.2) is 5.16 Å². The number of para-hydroxylation sites is 1. The maximum Gasteiger partial charge on any atom is 0.319 e. The maximum atomic E-state index is 13.0. The van der Waals surface area contributed by atoms with E-state index >= 15 is 0 Å². The number of alkyl halides is 2. The summed E-state index contributed by atoms with van der Waals surface area (Å²) in [7, 11) is 0. The van der Waals surface area contributed by atoms with Crippen LogP contribution in [0.1, 0.15) is 38.7 Å². The van der Waals surface area contributed by atoms with Crippen LogP contribution in [0.4, 0.5) is 8.78 Å². The average Bonchev–Trinajstić information content (AvgIpc) is 3.08. The molecule has 3 rings (SSSR count). The second-order valence-corrected chi connectivity index (χ2v) is 6.60. The summed E-state index contributed by atoms with van der Waals surface area (Å²) in [4.78, 5) is 21.4. The van der Waals surface area contributed by atoms with Crippen LogP contribution in [0.25, 0.3) is 10.9 Å². The SMILES string of the molecule is CC[C@H](C)n1c(SCc2nccn2C(F)F)nc2ccccc2c1=O. The van der Waals surface area contributed by atoms with Crippen LogP contribution in [-0.4, -0.2) is 19.1 Å². The first-order valence-electron chi connectivity index (χ1n) is 7.96. The van der Waals surface area contributed by atoms with Gasteiger partial charge in [0.25, 0.3) is 5.56 Å². The Hall–Kier alpha value is -2.22. The van der Waals surface area contributed by atoms with Crippen LogP contribution in [-0.2, 0) is 5.75 Å². The summed E-state index contributed by atoms with van der Waals surface area (Å²) in [5.41, 5.74) is 0.492. The second kappa shape index (κ2) is 7.35. The highest BCUT2D eigenvalue weighted by Crippen LogP contribution is 2.26. The van der Waals surface area contributed by atoms with Crippen LogP contribution in [0, 0.1) is 0 Å². The number of fused-ring (bicyclic) bond motifs is 1. The van der Waals surface area contributed by atoms with Crippen LogP contribution < -0.4 is 5.56 Å². The lowest BCUT2D eigenvalue weighted by Gasteiger charge is -2.18. The van der Waals surface area contributed by atoms with Gasteiger partial charge in [-0.15, -0.1) is 0 Å². The van der Waals surface area contributed by atoms with E-state index in [4.69, 9.17) is 0 Å². The van der Waals surface area contributed by atoms with Crippen molar-refractivity contribution < 1.29 is 8.78 Å². The zero-order valence-corrected chi connectivity index (χ0v) is 14.7. The number of imidazole rings is 1. The van der Waals surface area contributed by atoms with Gasteiger partial charge in [-0.3, -0.25) is 13.9 Å². The third-order valence-corrected chi connectivity index (χ3v) is 5.05. The Morgan fingerprint density at radius 3 is 2.76 bits per heavy atom. The summed E-state index contributed by atoms with van der Waals surface area (Å²) >= 11 is 1.24. The van der Waals surface area contributed by atoms with Gasteiger partial charge in [0.1, 0.15) is 5.82 Å². The molecule has 2 aromatic heterocycles. The van der Waals surface area contributed by atoms with Gasteiger partial charge in [0, 0.05) is 18.4 Å². The molecular formula is C17H18F2N4OS. The standard InChI is InChI=1S/C17H18F2N4OS/c1-3-11(2)23-15(24)12-6-4-5-7-13(12)21-17(23)25-10-14-20-8-9-22(14)16(18)19/h4-9,11,16H,3,10H2,1-2H3/t11-/m0/s1. The van der Waals surface area contributed by atoms with Crippen LogP contribution in [0.5, 0.6) is 0 Å². The highest BCUT2D eigenvalue weighted by Gasteiger charge is 2.17. The van der Waals surface area contributed by atoms with E-state index in [0.29, 0.717) is 16.1 Å². The fourth-order valence-corrected chi connectivity index (χ4v) is 3.61. The van der Waals surface area contributed by atoms with Gasteiger partial charge in [-0.1, -0.05) is 30.8 Å². The third-order valence-electron chi connectivity index (χ3n) is 4.10. The number of hydrogen-bond acceptors (Lipinski definition) is 4. The molecule has 0 amide bonds. The average molecular weight is 364 g/mol. The zero-order chi connectivity index (χ0) is 18.0. The lowest BCUT2D eigenvalue weighted by Crippen LogP contribution is -2.26. The molecule has 1 atom stereocenters. The summed E-state index contributed by atoms with van der Waals surface area (Å²) in [6.07, 6.45) is 3.35. The van der Waals surface area contributed by atoms with E-state index < -0.39 is 6.55 Å². The monoisotopic (exact) mass is 364 g/mol. The molecule has 0 aliphatic carbocycles. The smallest absolute Gasteiger partial charge is 0.284 e. The lowest BCUT2D eigenvalue weighted by molar-refractivity contribution is 0.0678. The number of nitrogens with zero attached hydrogens (tertiary/aromatic N) is 4. The Balaban J connectivity index is 2.02. The topological polar surface area (TPSA) is 52.7 Å². The first-order valence-corrected chi connectivity index (χ1v) is 8.95. The molecule has 0 aliphatic rings. The van der Waals surface area contributed by atoms with Crippen molar-refractivity contribution in [1.29, 1.82) is 0 Å². The third kappa shape index (κ3) is 3.44. The van der Waals surface area contributed by atoms with E-state index in [2.05, 4.69) is 9.97 Å². The highest BCUT2D eigenvalue weighted by molar-refractivity contribution is 7.98. The van der Waals surface area contributed by atoms with E-state index in [-0.39, 0.29) is 23.2 Å². The van der Waals surface area contributed by atoms with E-state index in [1.165, 1.54) is 24.2 Å². The molecule has 1 aromatic carbocycles. The molecule has 0 aliphatic heterocycles. The van der Waals surface area contributed by atoms with Crippen molar-refractivity contribution in [2.45, 2.75) is 43.8 Å². The Kier molecular flexibility index (Phi) is 5.17. The van der Waals surface area contributed by atoms with Crippen molar-refractivity contribution in [2.24, 2.45) is 0 Å². The fourth-order valence-electron chi connectivity index (χ4n) is 2.56. The van der Waals surface area contributed by atoms with Crippen molar-refractivity contribution >= 4 is 22.7 Å². The predicted octanol–water partition coefficient (Wildman–Crippen LogP) is 4.25. The van der Waals surface area contributed by atoms with Crippen LogP contribution in [0.15, 0.2) is 46.6 Å². The minimum Gasteiger partial charge on any atom is -0.284 e. The molecule has 0 radical (unpaired) electrons. The van der Waals surface area contributed by atoms with E-state index in [9.17, 15) is 13.6 Å². The van der Waals surface area contributed by atoms with Gasteiger partial charge in [-0.2, -0.15) is 8.78 Å². The van der Waals surface area contributed by atoms with Crippen molar-refractivity contribution in [2.75, 3.05) is 0 Å². The quantitative estimate of drug-likeness (QED) is 0.485. The zero-order valence-electron chi connectivity index (χ0n) is 13.9. The van der Waals surface area contributed by atoms with E-state index in [1.54, 1.807) is 22.8 Å². The summed E-state index contributed by atoms with van der Waals surface area (Å²) < 4.78 is 28.4. The molecule has 0 fully saturated rings. The van der Waals surface area contributed by atoms with Crippen molar-refractivity contribution in [3.8, 4) is 0 Å². The molecule has 0 bridgehead atoms. The maximum absolute atomic E-state index is 13.0. The summed E-state index contributed by atoms with van der Waals surface area (Å²) in [5, 5.41) is 1.07. The molecule has 25 heavy (non-hydrogen) atoms. The normalized spacial score (nSPS) is 12.8. The molecule has 0 spiro atoms. The number of thioether (sulfide) groups is 1. The lowest BCUT2D eigenvalue weighted by atomic mass is 10.2.